The van der Waals surface area contributed by atoms with Gasteiger partial charge in [-0.25, -0.2) is 0 Å². The molecule has 0 radical (unpaired) electrons. The Bertz CT molecular complexity index is 547. The zero-order chi connectivity index (χ0) is 15.1. The van der Waals surface area contributed by atoms with E-state index in [0.29, 0.717) is 0 Å². The Morgan fingerprint density at radius 3 is 2.95 bits per heavy atom. The first-order valence-corrected chi connectivity index (χ1v) is 6.32. The Labute approximate surface area is 119 Å². The Balaban J connectivity index is 1.89. The van der Waals surface area contributed by atoms with Crippen molar-refractivity contribution in [1.29, 1.82) is 0 Å². The molecule has 0 saturated carbocycles. The molecular formula is C11H15N5O5. The molecule has 4 N–H and O–H groups in total. The zero-order valence-electron chi connectivity index (χ0n) is 11.2. The number of carbonyl (C=O) groups excluding carboxylic acids is 1. The van der Waals surface area contributed by atoms with Gasteiger partial charge in [0.25, 0.3) is 5.91 Å². The molecule has 10 nitrogen and oxygen atoms in total. The van der Waals surface area contributed by atoms with Crippen molar-refractivity contribution >= 4 is 24.0 Å². The summed E-state index contributed by atoms with van der Waals surface area (Å²) in [5, 5.41) is 19.3. The van der Waals surface area contributed by atoms with Crippen molar-refractivity contribution in [3.8, 4) is 0 Å². The number of aliphatic hydroxyl groups is 2. The number of carbonyl (C=O) groups is 1. The van der Waals surface area contributed by atoms with Crippen molar-refractivity contribution in [1.82, 2.24) is 4.90 Å². The van der Waals surface area contributed by atoms with Crippen molar-refractivity contribution in [2.75, 3.05) is 13.7 Å². The first kappa shape index (κ1) is 14.1. The molecule has 1 amide bonds. The van der Waals surface area contributed by atoms with Gasteiger partial charge in [0, 0.05) is 7.11 Å². The standard InChI is InChI=1S/C11H15N5O5/c1-20-7-6(18)4(2-17)21-10(7)16-3-13-5-8(16)14-11(12)15-9(5)19/h3-7,10,17-18H,2H2,1H3,(H2,12,15,19)/t4-,5?,6-,7-,10-/m1/s1. The predicted molar refractivity (Wildman–Crippen MR) is 70.7 cm³/mol. The van der Waals surface area contributed by atoms with Crippen LogP contribution in [0.5, 0.6) is 0 Å². The summed E-state index contributed by atoms with van der Waals surface area (Å²) < 4.78 is 10.8. The fraction of sp³-hybridized carbons (Fsp3) is 0.636. The number of ether oxygens (including phenoxy) is 2. The first-order valence-electron chi connectivity index (χ1n) is 6.32. The van der Waals surface area contributed by atoms with Crippen LogP contribution >= 0.6 is 0 Å². The number of aliphatic hydroxyl groups excluding tert-OH is 2. The molecule has 0 bridgehead atoms. The summed E-state index contributed by atoms with van der Waals surface area (Å²) in [6.07, 6.45) is -1.93. The third-order valence-electron chi connectivity index (χ3n) is 3.58. The van der Waals surface area contributed by atoms with E-state index in [1.165, 1.54) is 18.3 Å². The highest BCUT2D eigenvalue weighted by Gasteiger charge is 2.50. The zero-order valence-corrected chi connectivity index (χ0v) is 11.2. The lowest BCUT2D eigenvalue weighted by atomic mass is 10.1. The minimum Gasteiger partial charge on any atom is -0.394 e. The molecule has 114 valence electrons. The Kier molecular flexibility index (Phi) is 3.45. The second-order valence-electron chi connectivity index (χ2n) is 4.79. The van der Waals surface area contributed by atoms with E-state index in [-0.39, 0.29) is 18.4 Å². The van der Waals surface area contributed by atoms with Crippen molar-refractivity contribution < 1.29 is 24.5 Å². The number of aliphatic imine (C=N–C) groups is 3. The van der Waals surface area contributed by atoms with E-state index < -0.39 is 36.5 Å². The lowest BCUT2D eigenvalue weighted by molar-refractivity contribution is -0.117. The minimum atomic E-state index is -1.01. The molecule has 3 heterocycles. The molecule has 1 fully saturated rings. The van der Waals surface area contributed by atoms with E-state index in [0.717, 1.165) is 0 Å². The van der Waals surface area contributed by atoms with Gasteiger partial charge in [-0.15, -0.1) is 0 Å². The van der Waals surface area contributed by atoms with Crippen LogP contribution in [0.4, 0.5) is 0 Å². The summed E-state index contributed by atoms with van der Waals surface area (Å²) in [7, 11) is 1.42. The highest BCUT2D eigenvalue weighted by Crippen LogP contribution is 2.28. The molecule has 5 atom stereocenters. The van der Waals surface area contributed by atoms with Crippen molar-refractivity contribution in [3.63, 3.8) is 0 Å². The molecule has 0 aliphatic carbocycles. The summed E-state index contributed by atoms with van der Waals surface area (Å²) in [6.45, 7) is -0.360. The van der Waals surface area contributed by atoms with Crippen molar-refractivity contribution in [2.45, 2.75) is 30.6 Å². The van der Waals surface area contributed by atoms with Crippen LogP contribution in [0.25, 0.3) is 0 Å². The van der Waals surface area contributed by atoms with Crippen LogP contribution in [0.2, 0.25) is 0 Å². The average molecular weight is 297 g/mol. The first-order chi connectivity index (χ1) is 10.1. The third-order valence-corrected chi connectivity index (χ3v) is 3.58. The summed E-state index contributed by atoms with van der Waals surface area (Å²) in [4.78, 5) is 24.8. The molecule has 3 rings (SSSR count). The van der Waals surface area contributed by atoms with Gasteiger partial charge in [-0.3, -0.25) is 14.7 Å². The molecule has 0 aromatic heterocycles. The van der Waals surface area contributed by atoms with Gasteiger partial charge in [0.15, 0.2) is 18.1 Å². The lowest BCUT2D eigenvalue weighted by Crippen LogP contribution is -2.49. The molecule has 21 heavy (non-hydrogen) atoms. The molecule has 3 aliphatic heterocycles. The topological polar surface area (TPSA) is 142 Å². The number of methoxy groups -OCH3 is 1. The van der Waals surface area contributed by atoms with Crippen LogP contribution in [0.15, 0.2) is 15.0 Å². The number of guanidine groups is 1. The van der Waals surface area contributed by atoms with Gasteiger partial charge >= 0.3 is 0 Å². The van der Waals surface area contributed by atoms with Gasteiger partial charge in [-0.05, 0) is 0 Å². The maximum absolute atomic E-state index is 11.7. The molecule has 0 spiro atoms. The monoisotopic (exact) mass is 297 g/mol. The summed E-state index contributed by atoms with van der Waals surface area (Å²) in [6, 6.07) is -0.858. The van der Waals surface area contributed by atoms with Crippen LogP contribution in [0.1, 0.15) is 0 Å². The molecular weight excluding hydrogens is 282 g/mol. The minimum absolute atomic E-state index is 0.159. The smallest absolute Gasteiger partial charge is 0.281 e. The van der Waals surface area contributed by atoms with Crippen molar-refractivity contribution in [3.05, 3.63) is 0 Å². The number of amidine groups is 1. The summed E-state index contributed by atoms with van der Waals surface area (Å²) >= 11 is 0. The van der Waals surface area contributed by atoms with Gasteiger partial charge in [0.1, 0.15) is 18.3 Å². The Hall–Kier alpha value is -1.88. The van der Waals surface area contributed by atoms with Crippen LogP contribution in [0, 0.1) is 0 Å². The SMILES string of the molecule is CO[C@@H]1[C@H](O)[C@@H](CO)O[C@H]1N1C=NC2C(=O)N=C(N)N=C21. The number of nitrogens with zero attached hydrogens (tertiary/aromatic N) is 4. The van der Waals surface area contributed by atoms with E-state index in [1.807, 2.05) is 0 Å². The molecule has 3 aliphatic rings. The van der Waals surface area contributed by atoms with Gasteiger partial charge in [-0.1, -0.05) is 0 Å². The second kappa shape index (κ2) is 5.15. The van der Waals surface area contributed by atoms with Crippen LogP contribution in [0.3, 0.4) is 0 Å². The van der Waals surface area contributed by atoms with E-state index in [2.05, 4.69) is 15.0 Å². The van der Waals surface area contributed by atoms with E-state index in [9.17, 15) is 15.0 Å². The van der Waals surface area contributed by atoms with Crippen LogP contribution in [-0.4, -0.2) is 83.5 Å². The van der Waals surface area contributed by atoms with E-state index >= 15 is 0 Å². The van der Waals surface area contributed by atoms with Crippen LogP contribution < -0.4 is 5.73 Å². The number of nitrogens with two attached hydrogens (primary N) is 1. The highest BCUT2D eigenvalue weighted by molar-refractivity contribution is 6.21. The normalized spacial score (nSPS) is 38.5. The Morgan fingerprint density at radius 1 is 1.52 bits per heavy atom. The molecule has 1 unspecified atom stereocenters. The fourth-order valence-electron chi connectivity index (χ4n) is 2.56. The molecule has 0 aromatic carbocycles. The highest BCUT2D eigenvalue weighted by atomic mass is 16.6. The maximum atomic E-state index is 11.7. The van der Waals surface area contributed by atoms with Gasteiger partial charge in [-0.2, -0.15) is 9.98 Å². The predicted octanol–water partition coefficient (Wildman–Crippen LogP) is -2.95. The summed E-state index contributed by atoms with van der Waals surface area (Å²) in [5.74, 6) is -0.402. The quantitative estimate of drug-likeness (QED) is 0.505. The molecule has 10 heteroatoms. The van der Waals surface area contributed by atoms with Crippen LogP contribution in [-0.2, 0) is 14.3 Å². The number of fused-ring (bicyclic) bond motifs is 1. The van der Waals surface area contributed by atoms with E-state index in [4.69, 9.17) is 15.2 Å². The summed E-state index contributed by atoms with van der Waals surface area (Å²) in [5.41, 5.74) is 5.49. The van der Waals surface area contributed by atoms with Gasteiger partial charge in [0.05, 0.1) is 12.9 Å². The fourth-order valence-corrected chi connectivity index (χ4v) is 2.56. The number of amides is 1. The van der Waals surface area contributed by atoms with Gasteiger partial charge in [0.2, 0.25) is 5.96 Å². The number of hydrogen-bond donors (Lipinski definition) is 3. The molecule has 0 aromatic rings. The average Bonchev–Trinajstić information content (AvgIpc) is 2.99. The lowest BCUT2D eigenvalue weighted by Gasteiger charge is -2.28. The largest absolute Gasteiger partial charge is 0.394 e. The van der Waals surface area contributed by atoms with Gasteiger partial charge < -0.3 is 25.4 Å². The number of hydrogen-bond acceptors (Lipinski definition) is 9. The number of rotatable bonds is 3. The van der Waals surface area contributed by atoms with E-state index in [1.54, 1.807) is 0 Å². The molecule has 1 saturated heterocycles. The van der Waals surface area contributed by atoms with Crippen molar-refractivity contribution in [2.24, 2.45) is 20.7 Å². The Morgan fingerprint density at radius 2 is 2.29 bits per heavy atom. The third kappa shape index (κ3) is 2.12. The second-order valence-corrected chi connectivity index (χ2v) is 4.79. The maximum Gasteiger partial charge on any atom is 0.281 e.